The van der Waals surface area contributed by atoms with Crippen LogP contribution in [0.25, 0.3) is 0 Å². The first-order chi connectivity index (χ1) is 11.6. The van der Waals surface area contributed by atoms with Crippen LogP contribution in [0.15, 0.2) is 66.9 Å². The zero-order chi connectivity index (χ0) is 16.9. The highest BCUT2D eigenvalue weighted by atomic mass is 19.1. The highest BCUT2D eigenvalue weighted by Gasteiger charge is 2.10. The number of hydrogen-bond donors (Lipinski definition) is 2. The number of nitrogens with zero attached hydrogens (tertiary/aromatic N) is 1. The van der Waals surface area contributed by atoms with Crippen LogP contribution in [0.1, 0.15) is 10.5 Å². The van der Waals surface area contributed by atoms with E-state index in [2.05, 4.69) is 15.6 Å². The number of anilines is 3. The van der Waals surface area contributed by atoms with E-state index in [-0.39, 0.29) is 17.3 Å². The van der Waals surface area contributed by atoms with Crippen molar-refractivity contribution in [3.05, 3.63) is 84.2 Å². The molecule has 0 fully saturated rings. The van der Waals surface area contributed by atoms with Gasteiger partial charge in [-0.05, 0) is 36.4 Å². The van der Waals surface area contributed by atoms with Crippen molar-refractivity contribution >= 4 is 23.0 Å². The van der Waals surface area contributed by atoms with Crippen molar-refractivity contribution in [2.45, 2.75) is 0 Å². The van der Waals surface area contributed by atoms with Crippen LogP contribution in [0.4, 0.5) is 25.8 Å². The molecule has 3 aromatic rings. The van der Waals surface area contributed by atoms with E-state index >= 15 is 0 Å². The monoisotopic (exact) mass is 325 g/mol. The van der Waals surface area contributed by atoms with E-state index in [1.54, 1.807) is 30.3 Å². The van der Waals surface area contributed by atoms with Crippen molar-refractivity contribution in [2.75, 3.05) is 10.6 Å². The second-order valence-corrected chi connectivity index (χ2v) is 5.00. The van der Waals surface area contributed by atoms with E-state index in [1.165, 1.54) is 18.3 Å². The third-order valence-corrected chi connectivity index (χ3v) is 3.23. The Morgan fingerprint density at radius 1 is 0.917 bits per heavy atom. The molecule has 0 spiro atoms. The van der Waals surface area contributed by atoms with Crippen LogP contribution >= 0.6 is 0 Å². The highest BCUT2D eigenvalue weighted by Crippen LogP contribution is 2.21. The van der Waals surface area contributed by atoms with E-state index in [4.69, 9.17) is 0 Å². The van der Waals surface area contributed by atoms with Crippen molar-refractivity contribution < 1.29 is 13.6 Å². The summed E-state index contributed by atoms with van der Waals surface area (Å²) < 4.78 is 26.6. The van der Waals surface area contributed by atoms with Gasteiger partial charge in [0.1, 0.15) is 17.3 Å². The lowest BCUT2D eigenvalue weighted by Gasteiger charge is -2.09. The topological polar surface area (TPSA) is 54.0 Å². The molecule has 1 amide bonds. The number of halogens is 2. The van der Waals surface area contributed by atoms with Crippen LogP contribution in [0.2, 0.25) is 0 Å². The molecule has 120 valence electrons. The first-order valence-electron chi connectivity index (χ1n) is 7.16. The molecule has 0 saturated carbocycles. The number of para-hydroxylation sites is 1. The van der Waals surface area contributed by atoms with Crippen molar-refractivity contribution in [1.29, 1.82) is 0 Å². The van der Waals surface area contributed by atoms with Crippen molar-refractivity contribution in [1.82, 2.24) is 4.98 Å². The number of hydrogen-bond acceptors (Lipinski definition) is 3. The molecule has 0 aliphatic rings. The molecule has 24 heavy (non-hydrogen) atoms. The minimum atomic E-state index is -0.720. The number of carbonyl (C=O) groups excluding carboxylic acids is 1. The average molecular weight is 325 g/mol. The second-order valence-electron chi connectivity index (χ2n) is 5.00. The third kappa shape index (κ3) is 3.73. The van der Waals surface area contributed by atoms with E-state index < -0.39 is 11.6 Å². The molecule has 0 bridgehead atoms. The summed E-state index contributed by atoms with van der Waals surface area (Å²) in [6.45, 7) is 0. The molecule has 1 heterocycles. The summed E-state index contributed by atoms with van der Waals surface area (Å²) in [6.07, 6.45) is 1.43. The predicted molar refractivity (Wildman–Crippen MR) is 88.3 cm³/mol. The number of aromatic nitrogens is 1. The van der Waals surface area contributed by atoms with Gasteiger partial charge in [0.25, 0.3) is 5.91 Å². The highest BCUT2D eigenvalue weighted by molar-refractivity contribution is 6.03. The number of rotatable bonds is 4. The second kappa shape index (κ2) is 6.87. The fourth-order valence-corrected chi connectivity index (χ4v) is 2.10. The molecule has 0 aliphatic carbocycles. The summed E-state index contributed by atoms with van der Waals surface area (Å²) in [5.41, 5.74) is 1.39. The van der Waals surface area contributed by atoms with Gasteiger partial charge < -0.3 is 10.6 Å². The molecule has 2 aromatic carbocycles. The van der Waals surface area contributed by atoms with E-state index in [9.17, 15) is 13.6 Å². The number of nitrogens with one attached hydrogen (secondary N) is 2. The Hall–Kier alpha value is -3.28. The normalized spacial score (nSPS) is 10.2. The summed E-state index contributed by atoms with van der Waals surface area (Å²) in [5, 5.41) is 5.51. The zero-order valence-electron chi connectivity index (χ0n) is 12.5. The molecule has 0 radical (unpaired) electrons. The summed E-state index contributed by atoms with van der Waals surface area (Å²) in [7, 11) is 0. The minimum Gasteiger partial charge on any atom is -0.353 e. The lowest BCUT2D eigenvalue weighted by Crippen LogP contribution is -2.13. The summed E-state index contributed by atoms with van der Waals surface area (Å²) in [5.74, 6) is -1.76. The Labute approximate surface area is 137 Å². The maximum absolute atomic E-state index is 13.7. The predicted octanol–water partition coefficient (Wildman–Crippen LogP) is 4.36. The van der Waals surface area contributed by atoms with Gasteiger partial charge in [0.2, 0.25) is 0 Å². The van der Waals surface area contributed by atoms with Crippen LogP contribution in [-0.4, -0.2) is 10.9 Å². The molecule has 4 nitrogen and oxygen atoms in total. The van der Waals surface area contributed by atoms with Gasteiger partial charge >= 0.3 is 0 Å². The first kappa shape index (κ1) is 15.6. The largest absolute Gasteiger partial charge is 0.353 e. The lowest BCUT2D eigenvalue weighted by molar-refractivity contribution is 0.102. The third-order valence-electron chi connectivity index (χ3n) is 3.23. The number of benzene rings is 2. The maximum Gasteiger partial charge on any atom is 0.274 e. The van der Waals surface area contributed by atoms with Crippen molar-refractivity contribution in [3.8, 4) is 0 Å². The molecule has 0 saturated heterocycles. The molecule has 0 atom stereocenters. The van der Waals surface area contributed by atoms with Gasteiger partial charge in [-0.25, -0.2) is 8.78 Å². The summed E-state index contributed by atoms with van der Waals surface area (Å²) >= 11 is 0. The van der Waals surface area contributed by atoms with Gasteiger partial charge in [0, 0.05) is 23.6 Å². The quantitative estimate of drug-likeness (QED) is 0.749. The molecule has 1 aromatic heterocycles. The van der Waals surface area contributed by atoms with Crippen molar-refractivity contribution in [3.63, 3.8) is 0 Å². The SMILES string of the molecule is O=C(Nc1ccccc1)c1cc(Nc2ccc(F)cc2F)ccn1. The summed E-state index contributed by atoms with van der Waals surface area (Å²) in [6, 6.07) is 15.3. The standard InChI is InChI=1S/C18H13F2N3O/c19-12-6-7-16(15(20)10-12)22-14-8-9-21-17(11-14)18(24)23-13-4-2-1-3-5-13/h1-11H,(H,21,22)(H,23,24). The fourth-order valence-electron chi connectivity index (χ4n) is 2.10. The molecule has 6 heteroatoms. The lowest BCUT2D eigenvalue weighted by atomic mass is 10.2. The number of carbonyl (C=O) groups is 1. The van der Waals surface area contributed by atoms with Gasteiger partial charge in [-0.2, -0.15) is 0 Å². The Kier molecular flexibility index (Phi) is 4.47. The molecule has 3 rings (SSSR count). The minimum absolute atomic E-state index is 0.108. The van der Waals surface area contributed by atoms with Crippen LogP contribution in [0.3, 0.4) is 0 Å². The van der Waals surface area contributed by atoms with E-state index in [0.29, 0.717) is 11.4 Å². The van der Waals surface area contributed by atoms with Gasteiger partial charge in [-0.15, -0.1) is 0 Å². The van der Waals surface area contributed by atoms with Crippen LogP contribution in [0.5, 0.6) is 0 Å². The van der Waals surface area contributed by atoms with E-state index in [1.807, 2.05) is 6.07 Å². The van der Waals surface area contributed by atoms with Crippen LogP contribution in [0, 0.1) is 11.6 Å². The fraction of sp³-hybridized carbons (Fsp3) is 0. The smallest absolute Gasteiger partial charge is 0.274 e. The number of amides is 1. The Balaban J connectivity index is 1.77. The zero-order valence-corrected chi connectivity index (χ0v) is 12.5. The first-order valence-corrected chi connectivity index (χ1v) is 7.16. The molecule has 0 unspecified atom stereocenters. The van der Waals surface area contributed by atoms with Crippen LogP contribution < -0.4 is 10.6 Å². The molecular weight excluding hydrogens is 312 g/mol. The van der Waals surface area contributed by atoms with Gasteiger partial charge in [-0.3, -0.25) is 9.78 Å². The van der Waals surface area contributed by atoms with Gasteiger partial charge in [-0.1, -0.05) is 18.2 Å². The van der Waals surface area contributed by atoms with Crippen molar-refractivity contribution in [2.24, 2.45) is 0 Å². The average Bonchev–Trinajstić information content (AvgIpc) is 2.59. The number of pyridine rings is 1. The van der Waals surface area contributed by atoms with Crippen LogP contribution in [-0.2, 0) is 0 Å². The molecule has 2 N–H and O–H groups in total. The molecular formula is C18H13F2N3O. The van der Waals surface area contributed by atoms with Gasteiger partial charge in [0.15, 0.2) is 0 Å². The van der Waals surface area contributed by atoms with Gasteiger partial charge in [0.05, 0.1) is 5.69 Å². The Bertz CT molecular complexity index is 869. The Morgan fingerprint density at radius 2 is 1.71 bits per heavy atom. The maximum atomic E-state index is 13.7. The Morgan fingerprint density at radius 3 is 2.46 bits per heavy atom. The summed E-state index contributed by atoms with van der Waals surface area (Å²) in [4.78, 5) is 16.2. The molecule has 0 aliphatic heterocycles. The van der Waals surface area contributed by atoms with E-state index in [0.717, 1.165) is 12.1 Å².